The first-order chi connectivity index (χ1) is 14.8. The summed E-state index contributed by atoms with van der Waals surface area (Å²) in [6.45, 7) is 2.29. The van der Waals surface area contributed by atoms with Gasteiger partial charge in [-0.15, -0.1) is 0 Å². The molecule has 0 bridgehead atoms. The van der Waals surface area contributed by atoms with E-state index in [0.717, 1.165) is 0 Å². The molecule has 6 rings (SSSR count). The van der Waals surface area contributed by atoms with E-state index in [4.69, 9.17) is 0 Å². The van der Waals surface area contributed by atoms with Crippen LogP contribution in [0.25, 0.3) is 43.6 Å². The number of hydrogen-bond donors (Lipinski definition) is 0. The van der Waals surface area contributed by atoms with Gasteiger partial charge >= 0.3 is 191 Å². The summed E-state index contributed by atoms with van der Waals surface area (Å²) in [5.74, 6) is 7.44. The van der Waals surface area contributed by atoms with Crippen LogP contribution in [0.5, 0.6) is 0 Å². The summed E-state index contributed by atoms with van der Waals surface area (Å²) in [5, 5.41) is 8.23. The second kappa shape index (κ2) is 6.60. The Labute approximate surface area is 190 Å². The summed E-state index contributed by atoms with van der Waals surface area (Å²) in [4.78, 5) is 2.74. The van der Waals surface area contributed by atoms with Gasteiger partial charge in [-0.25, -0.2) is 0 Å². The SMILES string of the molecule is Cc1c2c(cc3ccccc13)Sc1cc3cc[c]([Ge]([CH3])([CH3])[CH3])cc3c3cc[n+](C)c-2c13. The minimum absolute atomic E-state index is 1.33. The third kappa shape index (κ3) is 2.81. The van der Waals surface area contributed by atoms with Gasteiger partial charge in [0.25, 0.3) is 0 Å². The van der Waals surface area contributed by atoms with Crippen LogP contribution in [-0.4, -0.2) is 13.3 Å². The fourth-order valence-electron chi connectivity index (χ4n) is 5.09. The molecular weight excluding hydrogens is 455 g/mol. The number of hydrogen-bond acceptors (Lipinski definition) is 1. The number of aromatic nitrogens is 1. The van der Waals surface area contributed by atoms with Crippen LogP contribution in [0.3, 0.4) is 0 Å². The summed E-state index contributed by atoms with van der Waals surface area (Å²) in [6.07, 6.45) is 2.25. The molecule has 3 heteroatoms. The molecule has 0 fully saturated rings. The Morgan fingerprint density at radius 3 is 2.32 bits per heavy atom. The first-order valence-corrected chi connectivity index (χ1v) is 19.1. The first-order valence-electron chi connectivity index (χ1n) is 10.9. The average molecular weight is 481 g/mol. The first kappa shape index (κ1) is 19.4. The molecule has 1 aliphatic heterocycles. The van der Waals surface area contributed by atoms with Crippen molar-refractivity contribution < 1.29 is 4.57 Å². The van der Waals surface area contributed by atoms with E-state index >= 15 is 0 Å². The van der Waals surface area contributed by atoms with Gasteiger partial charge in [-0.2, -0.15) is 0 Å². The molecule has 0 aliphatic carbocycles. The van der Waals surface area contributed by atoms with Crippen molar-refractivity contribution in [2.45, 2.75) is 34.0 Å². The molecule has 0 amide bonds. The van der Waals surface area contributed by atoms with Crippen molar-refractivity contribution in [1.82, 2.24) is 0 Å². The Bertz CT molecular complexity index is 1560. The van der Waals surface area contributed by atoms with E-state index in [0.29, 0.717) is 0 Å². The van der Waals surface area contributed by atoms with Crippen LogP contribution in [0.1, 0.15) is 5.56 Å². The van der Waals surface area contributed by atoms with Gasteiger partial charge in [-0.3, -0.25) is 0 Å². The van der Waals surface area contributed by atoms with E-state index in [1.165, 1.54) is 58.9 Å². The van der Waals surface area contributed by atoms with E-state index in [1.807, 2.05) is 11.8 Å². The Hall–Kier alpha value is -2.30. The topological polar surface area (TPSA) is 3.88 Å². The monoisotopic (exact) mass is 482 g/mol. The number of benzene rings is 4. The number of fused-ring (bicyclic) bond motifs is 5. The van der Waals surface area contributed by atoms with Crippen molar-refractivity contribution in [2.75, 3.05) is 0 Å². The molecule has 1 aliphatic rings. The van der Waals surface area contributed by atoms with Crippen LogP contribution in [0.4, 0.5) is 0 Å². The molecule has 0 atom stereocenters. The van der Waals surface area contributed by atoms with Crippen molar-refractivity contribution in [3.63, 3.8) is 0 Å². The molecule has 0 unspecified atom stereocenters. The van der Waals surface area contributed by atoms with Crippen molar-refractivity contribution in [3.05, 3.63) is 72.4 Å². The maximum atomic E-state index is 2.49. The van der Waals surface area contributed by atoms with Crippen LogP contribution in [0.2, 0.25) is 17.3 Å². The second-order valence-electron chi connectivity index (χ2n) is 9.82. The van der Waals surface area contributed by atoms with E-state index in [2.05, 4.69) is 103 Å². The molecule has 31 heavy (non-hydrogen) atoms. The summed E-state index contributed by atoms with van der Waals surface area (Å²) in [7, 11) is 2.19. The number of rotatable bonds is 1. The standard InChI is InChI=1S/C28H26GeNS/c1-17-21-9-7-6-8-18(21)14-24-26(17)28-27-22(12-13-30(28)5)23-16-20(29(2,3)4)11-10-19(23)15-25(27)31-24/h6-16H,1-5H3/q+1. The fourth-order valence-corrected chi connectivity index (χ4v) is 8.79. The Morgan fingerprint density at radius 1 is 0.774 bits per heavy atom. The molecule has 1 nitrogen and oxygen atoms in total. The van der Waals surface area contributed by atoms with Crippen LogP contribution < -0.4 is 8.96 Å². The third-order valence-electron chi connectivity index (χ3n) is 6.80. The summed E-state index contributed by atoms with van der Waals surface area (Å²) in [5.41, 5.74) is 4.13. The van der Waals surface area contributed by atoms with Crippen molar-refractivity contribution in [3.8, 4) is 11.3 Å². The zero-order valence-corrected chi connectivity index (χ0v) is 21.6. The summed E-state index contributed by atoms with van der Waals surface area (Å²) in [6, 6.07) is 23.1. The number of pyridine rings is 1. The molecule has 0 saturated carbocycles. The third-order valence-corrected chi connectivity index (χ3v) is 12.2. The summed E-state index contributed by atoms with van der Waals surface area (Å²) < 4.78 is 3.90. The Morgan fingerprint density at radius 2 is 1.52 bits per heavy atom. The molecular formula is C28H26GeNS+. The van der Waals surface area contributed by atoms with E-state index < -0.39 is 13.3 Å². The molecule has 2 heterocycles. The number of nitrogens with zero attached hydrogens (tertiary/aromatic N) is 1. The van der Waals surface area contributed by atoms with Gasteiger partial charge in [0.2, 0.25) is 0 Å². The van der Waals surface area contributed by atoms with Crippen LogP contribution in [0.15, 0.2) is 76.7 Å². The van der Waals surface area contributed by atoms with Crippen LogP contribution >= 0.6 is 11.8 Å². The van der Waals surface area contributed by atoms with Crippen LogP contribution in [0, 0.1) is 6.92 Å². The van der Waals surface area contributed by atoms with Crippen molar-refractivity contribution >= 4 is 61.7 Å². The second-order valence-corrected chi connectivity index (χ2v) is 21.6. The fraction of sp³-hybridized carbons (Fsp3) is 0.179. The average Bonchev–Trinajstić information content (AvgIpc) is 2.74. The van der Waals surface area contributed by atoms with Crippen molar-refractivity contribution in [1.29, 1.82) is 0 Å². The quantitative estimate of drug-likeness (QED) is 0.140. The van der Waals surface area contributed by atoms with Gasteiger partial charge in [-0.05, 0) is 0 Å². The van der Waals surface area contributed by atoms with Gasteiger partial charge in [0, 0.05) is 0 Å². The molecule has 0 saturated heterocycles. The van der Waals surface area contributed by atoms with E-state index in [9.17, 15) is 0 Å². The summed E-state index contributed by atoms with van der Waals surface area (Å²) >= 11 is 0.0284. The Balaban J connectivity index is 1.78. The predicted molar refractivity (Wildman–Crippen MR) is 137 cm³/mol. The van der Waals surface area contributed by atoms with Gasteiger partial charge in [0.1, 0.15) is 0 Å². The molecule has 1 aromatic heterocycles. The van der Waals surface area contributed by atoms with Gasteiger partial charge in [-0.1, -0.05) is 0 Å². The zero-order chi connectivity index (χ0) is 21.5. The molecule has 0 N–H and O–H groups in total. The maximum absolute atomic E-state index is 2.49. The van der Waals surface area contributed by atoms with Gasteiger partial charge in [0.05, 0.1) is 0 Å². The molecule has 5 aromatic rings. The normalized spacial score (nSPS) is 13.2. The molecule has 152 valence electrons. The minimum atomic E-state index is -1.91. The van der Waals surface area contributed by atoms with Gasteiger partial charge in [0.15, 0.2) is 0 Å². The molecule has 0 radical (unpaired) electrons. The molecule has 0 spiro atoms. The number of aryl methyl sites for hydroxylation is 2. The van der Waals surface area contributed by atoms with Crippen LogP contribution in [-0.2, 0) is 7.05 Å². The molecule has 4 aromatic carbocycles. The van der Waals surface area contributed by atoms with Crippen molar-refractivity contribution in [2.24, 2.45) is 7.05 Å². The predicted octanol–water partition coefficient (Wildman–Crippen LogP) is 6.96. The zero-order valence-electron chi connectivity index (χ0n) is 18.7. The van der Waals surface area contributed by atoms with Gasteiger partial charge < -0.3 is 0 Å². The van der Waals surface area contributed by atoms with E-state index in [-0.39, 0.29) is 0 Å². The Kier molecular flexibility index (Phi) is 4.13. The van der Waals surface area contributed by atoms with E-state index in [1.54, 1.807) is 4.40 Å².